The predicted octanol–water partition coefficient (Wildman–Crippen LogP) is 24.0. The first-order chi connectivity index (χ1) is 40.0. The monoisotopic (exact) mass is 1130 g/mol. The molecule has 0 saturated heterocycles. The molecule has 0 heterocycles. The highest BCUT2D eigenvalue weighted by molar-refractivity contribution is 5.71. The molecule has 0 amide bonds. The van der Waals surface area contributed by atoms with Crippen LogP contribution >= 0.6 is 0 Å². The lowest BCUT2D eigenvalue weighted by molar-refractivity contribution is -0.167. The smallest absolute Gasteiger partial charge is 0.306 e. The summed E-state index contributed by atoms with van der Waals surface area (Å²) in [6, 6.07) is 0. The first kappa shape index (κ1) is 77.3. The van der Waals surface area contributed by atoms with Crippen LogP contribution < -0.4 is 0 Å². The second-order valence-corrected chi connectivity index (χ2v) is 23.1. The molecule has 0 radical (unpaired) electrons. The molecule has 0 saturated carbocycles. The fraction of sp³-hybridized carbons (Fsp3) is 0.747. The standard InChI is InChI=1S/C75H130O6/c1-4-7-10-13-16-19-22-24-26-28-29-30-31-32-33-34-35-36-37-38-39-40-41-42-43-44-45-47-48-50-53-56-59-62-65-68-74(77)80-71-72(70-79-73(76)67-64-61-58-55-52-21-18-15-12-9-6-3)81-75(78)69-66-63-60-57-54-51-49-46-27-25-23-20-17-14-11-8-5-2/h7,10,16-17,19-20,24-27,29-30,32-33,35-36,72H,4-6,8-9,11-15,18,21-23,28,31,34,37-71H2,1-3H3/b10-7-,19-16-,20-17-,26-24-,27-25-,30-29-,33-32-,36-35-. The van der Waals surface area contributed by atoms with Gasteiger partial charge in [0.05, 0.1) is 0 Å². The van der Waals surface area contributed by atoms with Gasteiger partial charge in [-0.05, 0) is 103 Å². The van der Waals surface area contributed by atoms with Gasteiger partial charge in [0.15, 0.2) is 6.10 Å². The fourth-order valence-electron chi connectivity index (χ4n) is 9.89. The highest BCUT2D eigenvalue weighted by atomic mass is 16.6. The molecule has 0 spiro atoms. The van der Waals surface area contributed by atoms with E-state index in [1.165, 1.54) is 193 Å². The minimum Gasteiger partial charge on any atom is -0.462 e. The maximum absolute atomic E-state index is 12.9. The van der Waals surface area contributed by atoms with Gasteiger partial charge in [-0.1, -0.05) is 317 Å². The summed E-state index contributed by atoms with van der Waals surface area (Å²) in [6.07, 6.45) is 93.0. The molecule has 0 aromatic carbocycles. The van der Waals surface area contributed by atoms with Crippen molar-refractivity contribution in [3.05, 3.63) is 97.2 Å². The molecule has 0 aliphatic carbocycles. The maximum atomic E-state index is 12.9. The molecule has 1 atom stereocenters. The quantitative estimate of drug-likeness (QED) is 0.0261. The van der Waals surface area contributed by atoms with Gasteiger partial charge in [-0.25, -0.2) is 0 Å². The van der Waals surface area contributed by atoms with Crippen molar-refractivity contribution in [1.82, 2.24) is 0 Å². The Balaban J connectivity index is 4.12. The van der Waals surface area contributed by atoms with Crippen molar-refractivity contribution in [2.75, 3.05) is 13.2 Å². The van der Waals surface area contributed by atoms with Crippen molar-refractivity contribution in [1.29, 1.82) is 0 Å². The van der Waals surface area contributed by atoms with Crippen LogP contribution in [0.4, 0.5) is 0 Å². The number of esters is 3. The number of carbonyl (C=O) groups excluding carboxylic acids is 3. The molecule has 0 fully saturated rings. The van der Waals surface area contributed by atoms with E-state index in [4.69, 9.17) is 14.2 Å². The summed E-state index contributed by atoms with van der Waals surface area (Å²) in [4.78, 5) is 38.3. The first-order valence-electron chi connectivity index (χ1n) is 34.7. The Morgan fingerprint density at radius 1 is 0.259 bits per heavy atom. The second-order valence-electron chi connectivity index (χ2n) is 23.1. The van der Waals surface area contributed by atoms with E-state index in [2.05, 4.69) is 118 Å². The number of rotatable bonds is 63. The van der Waals surface area contributed by atoms with Crippen LogP contribution in [0.25, 0.3) is 0 Å². The molecule has 6 heteroatoms. The summed E-state index contributed by atoms with van der Waals surface area (Å²) in [7, 11) is 0. The number of hydrogen-bond acceptors (Lipinski definition) is 6. The average Bonchev–Trinajstić information content (AvgIpc) is 3.47. The lowest BCUT2D eigenvalue weighted by atomic mass is 10.0. The van der Waals surface area contributed by atoms with Crippen molar-refractivity contribution in [2.45, 2.75) is 348 Å². The Labute approximate surface area is 502 Å². The van der Waals surface area contributed by atoms with Gasteiger partial charge in [0, 0.05) is 19.3 Å². The molecule has 0 aromatic rings. The fourth-order valence-corrected chi connectivity index (χ4v) is 9.89. The molecule has 0 N–H and O–H groups in total. The van der Waals surface area contributed by atoms with Crippen molar-refractivity contribution in [3.63, 3.8) is 0 Å². The van der Waals surface area contributed by atoms with Gasteiger partial charge in [-0.3, -0.25) is 14.4 Å². The van der Waals surface area contributed by atoms with Crippen LogP contribution in [0.15, 0.2) is 97.2 Å². The zero-order chi connectivity index (χ0) is 58.5. The number of ether oxygens (including phenoxy) is 3. The second kappa shape index (κ2) is 68.8. The van der Waals surface area contributed by atoms with Gasteiger partial charge < -0.3 is 14.2 Å². The third kappa shape index (κ3) is 67.0. The van der Waals surface area contributed by atoms with Gasteiger partial charge in [0.25, 0.3) is 0 Å². The third-order valence-electron chi connectivity index (χ3n) is 15.1. The van der Waals surface area contributed by atoms with Crippen LogP contribution in [0.2, 0.25) is 0 Å². The van der Waals surface area contributed by atoms with E-state index in [1.54, 1.807) is 0 Å². The largest absolute Gasteiger partial charge is 0.462 e. The van der Waals surface area contributed by atoms with Gasteiger partial charge in [-0.2, -0.15) is 0 Å². The lowest BCUT2D eigenvalue weighted by Crippen LogP contribution is -2.30. The Hall–Kier alpha value is -3.67. The van der Waals surface area contributed by atoms with Crippen LogP contribution in [0.5, 0.6) is 0 Å². The zero-order valence-corrected chi connectivity index (χ0v) is 53.5. The highest BCUT2D eigenvalue weighted by Crippen LogP contribution is 2.17. The summed E-state index contributed by atoms with van der Waals surface area (Å²) in [5.41, 5.74) is 0. The zero-order valence-electron chi connectivity index (χ0n) is 53.5. The average molecular weight is 1130 g/mol. The van der Waals surface area contributed by atoms with E-state index < -0.39 is 6.10 Å². The number of unbranched alkanes of at least 4 members (excludes halogenated alkanes) is 36. The van der Waals surface area contributed by atoms with Crippen molar-refractivity contribution >= 4 is 17.9 Å². The van der Waals surface area contributed by atoms with Crippen molar-refractivity contribution in [2.24, 2.45) is 0 Å². The number of allylic oxidation sites excluding steroid dienone is 16. The maximum Gasteiger partial charge on any atom is 0.306 e. The van der Waals surface area contributed by atoms with E-state index in [1.807, 2.05) is 0 Å². The van der Waals surface area contributed by atoms with E-state index in [-0.39, 0.29) is 31.1 Å². The minimum atomic E-state index is -0.779. The minimum absolute atomic E-state index is 0.0753. The lowest BCUT2D eigenvalue weighted by Gasteiger charge is -2.18. The van der Waals surface area contributed by atoms with Gasteiger partial charge in [0.2, 0.25) is 0 Å². The summed E-state index contributed by atoms with van der Waals surface area (Å²) < 4.78 is 16.9. The molecule has 6 nitrogen and oxygen atoms in total. The van der Waals surface area contributed by atoms with E-state index in [9.17, 15) is 14.4 Å². The summed E-state index contributed by atoms with van der Waals surface area (Å²) in [5.74, 6) is -0.868. The van der Waals surface area contributed by atoms with E-state index in [0.29, 0.717) is 19.3 Å². The van der Waals surface area contributed by atoms with Gasteiger partial charge in [0.1, 0.15) is 13.2 Å². The summed E-state index contributed by atoms with van der Waals surface area (Å²) in [6.45, 7) is 6.52. The molecule has 0 aliphatic heterocycles. The van der Waals surface area contributed by atoms with Crippen LogP contribution in [0.3, 0.4) is 0 Å². The SMILES string of the molecule is CC/C=C\C/C=C\C/C=C\C/C=C\C/C=C\C/C=C\CCCCCCCCCCCCCCCCCCC(=O)OCC(COC(=O)CCCCCCCCCCCCC)OC(=O)CCCCCCCCC/C=C\C/C=C\CCCCC. The predicted molar refractivity (Wildman–Crippen MR) is 353 cm³/mol. The summed E-state index contributed by atoms with van der Waals surface area (Å²) >= 11 is 0. The molecule has 0 aromatic heterocycles. The van der Waals surface area contributed by atoms with Crippen molar-refractivity contribution in [3.8, 4) is 0 Å². The Morgan fingerprint density at radius 3 is 0.778 bits per heavy atom. The Morgan fingerprint density at radius 2 is 0.481 bits per heavy atom. The molecule has 81 heavy (non-hydrogen) atoms. The topological polar surface area (TPSA) is 78.9 Å². The van der Waals surface area contributed by atoms with Crippen LogP contribution in [0, 0.1) is 0 Å². The number of hydrogen-bond donors (Lipinski definition) is 0. The van der Waals surface area contributed by atoms with Gasteiger partial charge >= 0.3 is 17.9 Å². The van der Waals surface area contributed by atoms with E-state index in [0.717, 1.165) is 109 Å². The molecule has 466 valence electrons. The normalized spacial score (nSPS) is 12.7. The van der Waals surface area contributed by atoms with Crippen LogP contribution in [-0.4, -0.2) is 37.2 Å². The summed E-state index contributed by atoms with van der Waals surface area (Å²) in [5, 5.41) is 0. The molecular weight excluding hydrogens is 997 g/mol. The molecule has 0 rings (SSSR count). The Kier molecular flexibility index (Phi) is 65.7. The van der Waals surface area contributed by atoms with Crippen molar-refractivity contribution < 1.29 is 28.6 Å². The molecule has 1 unspecified atom stereocenters. The molecule has 0 bridgehead atoms. The highest BCUT2D eigenvalue weighted by Gasteiger charge is 2.19. The Bertz CT molecular complexity index is 1580. The molecule has 0 aliphatic rings. The number of carbonyl (C=O) groups is 3. The van der Waals surface area contributed by atoms with Crippen LogP contribution in [-0.2, 0) is 28.6 Å². The van der Waals surface area contributed by atoms with Crippen LogP contribution in [0.1, 0.15) is 342 Å². The third-order valence-corrected chi connectivity index (χ3v) is 15.1. The van der Waals surface area contributed by atoms with E-state index >= 15 is 0 Å². The first-order valence-corrected chi connectivity index (χ1v) is 34.7. The van der Waals surface area contributed by atoms with Gasteiger partial charge in [-0.15, -0.1) is 0 Å². The molecular formula is C75H130O6.